The minimum Gasteiger partial charge on any atom is -0.497 e. The van der Waals surface area contributed by atoms with Crippen LogP contribution in [0.4, 0.5) is 0 Å². The number of aromatic nitrogens is 4. The second-order valence-electron chi connectivity index (χ2n) is 24.2. The molecule has 0 spiro atoms. The molecule has 4 aromatic heterocycles. The number of ether oxygens (including phenoxy) is 8. The molecule has 0 aliphatic carbocycles. The molecule has 117 heavy (non-hydrogen) atoms. The van der Waals surface area contributed by atoms with E-state index in [-0.39, 0.29) is 64.1 Å². The van der Waals surface area contributed by atoms with Crippen LogP contribution in [-0.4, -0.2) is 127 Å². The summed E-state index contributed by atoms with van der Waals surface area (Å²) in [5.41, 5.74) is 41.2. The maximum atomic E-state index is 11.1. The van der Waals surface area contributed by atoms with Crippen molar-refractivity contribution in [2.45, 2.75) is 68.7 Å². The molecule has 0 amide bonds. The van der Waals surface area contributed by atoms with Crippen molar-refractivity contribution in [3.63, 3.8) is 0 Å². The zero-order valence-electron chi connectivity index (χ0n) is 65.5. The average Bonchev–Trinajstić information content (AvgIpc) is 1.63. The molecule has 8 aromatic carbocycles. The first-order valence-corrected chi connectivity index (χ1v) is 41.2. The topological polar surface area (TPSA) is 403 Å². The number of hydrogen-bond acceptors (Lipinski definition) is 18. The molecule has 0 aliphatic heterocycles. The molecule has 33 heteroatoms. The third-order valence-electron chi connectivity index (χ3n) is 17.3. The number of nitrogens with zero attached hydrogens (tertiary/aromatic N) is 14. The first kappa shape index (κ1) is 97.9. The van der Waals surface area contributed by atoms with E-state index in [1.54, 1.807) is 28.4 Å². The Kier molecular flexibility index (Phi) is 40.3. The fourth-order valence-electron chi connectivity index (χ4n) is 12.6. The molecule has 0 unspecified atom stereocenters. The van der Waals surface area contributed by atoms with Crippen LogP contribution in [0.3, 0.4) is 0 Å². The monoisotopic (exact) mass is 1720 g/mol. The van der Waals surface area contributed by atoms with Crippen LogP contribution in [-0.2, 0) is 45.3 Å². The normalized spacial score (nSPS) is 10.3. The Morgan fingerprint density at radius 1 is 0.444 bits per heavy atom. The molecule has 12 aromatic rings. The molecule has 4 heterocycles. The number of nitrogens with one attached hydrogen (secondary N) is 1. The molecule has 0 aliphatic rings. The van der Waals surface area contributed by atoms with E-state index in [1.807, 2.05) is 177 Å². The smallest absolute Gasteiger partial charge is 0.497 e. The third-order valence-corrected chi connectivity index (χ3v) is 18.4. The Morgan fingerprint density at radius 2 is 0.684 bits per heavy atom. The van der Waals surface area contributed by atoms with Gasteiger partial charge in [-0.25, -0.2) is 21.6 Å². The summed E-state index contributed by atoms with van der Waals surface area (Å²) < 4.78 is 95.5. The predicted octanol–water partition coefficient (Wildman–Crippen LogP) is 15.9. The van der Waals surface area contributed by atoms with Gasteiger partial charge in [0.1, 0.15) is 83.5 Å². The fourth-order valence-corrected chi connectivity index (χ4v) is 13.2. The number of rotatable bonds is 27. The van der Waals surface area contributed by atoms with Crippen LogP contribution >= 0.6 is 26.6 Å². The number of nitriles is 4. The standard InChI is InChI=1S/C21H23N3O4S.C20H19BrN2O2.C20H19N5O2.C20H21N3O2.CH3ClO2S.2CH4.N3.Na/c1-4-24-20-13-17(27-2)9-10-18(20)19(14-22)21(24)15-5-7-16(8-6-15)28-12-11-23-29(3,25)26;1-3-23-19-12-16(24-2)8-9-17(19)18(13-22)20(23)14-4-6-15(7-5-14)25-11-10-21;1-3-25-19-12-16(26-2)8-9-17(19)18(13-21)20(25)14-4-6-15(7-5-14)27-11-10-23-24-22;1-3-23-19-12-16(24-2)8-9-17(19)18(13-22)20(23)14-4-6-15(7-5-14)25-11-10-21;1-5(2,3)4;;;1-3-2;/h5-10,13,23H,4,11-12H2,1-3H3;4-9,12H,3,10-11H2,1-2H3;4-9,12H,3,10-11H2,1-2H3;4-9,12H,3,10-11,21H2,1-2H3;1H3;2*1H4;;/q;;;;;;;-1;+1. The van der Waals surface area contributed by atoms with Gasteiger partial charge in [-0.2, -0.15) is 21.0 Å². The van der Waals surface area contributed by atoms with Crippen molar-refractivity contribution < 1.29 is 84.3 Å². The zero-order chi connectivity index (χ0) is 83.1. The number of hydrogen-bond donors (Lipinski definition) is 2. The van der Waals surface area contributed by atoms with Crippen LogP contribution in [0.15, 0.2) is 175 Å². The van der Waals surface area contributed by atoms with Crippen LogP contribution in [0, 0.1) is 45.3 Å². The van der Waals surface area contributed by atoms with Gasteiger partial charge in [0.25, 0.3) is 0 Å². The summed E-state index contributed by atoms with van der Waals surface area (Å²) in [6.07, 6.45) is 2.03. The van der Waals surface area contributed by atoms with Gasteiger partial charge in [0.05, 0.1) is 128 Å². The summed E-state index contributed by atoms with van der Waals surface area (Å²) in [5, 5.41) is 47.0. The van der Waals surface area contributed by atoms with Crippen molar-refractivity contribution in [1.29, 1.82) is 21.0 Å². The maximum Gasteiger partial charge on any atom is 1.00 e. The first-order valence-electron chi connectivity index (χ1n) is 35.4. The van der Waals surface area contributed by atoms with Gasteiger partial charge in [-0.15, -0.1) is 0 Å². The number of aryl methyl sites for hydroxylation is 4. The van der Waals surface area contributed by atoms with E-state index in [0.29, 0.717) is 66.7 Å². The first-order chi connectivity index (χ1) is 55.0. The summed E-state index contributed by atoms with van der Waals surface area (Å²) in [5.74, 6) is 5.97. The third kappa shape index (κ3) is 25.7. The van der Waals surface area contributed by atoms with Crippen LogP contribution in [0.25, 0.3) is 115 Å². The number of halogens is 2. The summed E-state index contributed by atoms with van der Waals surface area (Å²) in [7, 11) is 4.63. The fraction of sp³-hybridized carbons (Fsp3) is 0.286. The van der Waals surface area contributed by atoms with E-state index < -0.39 is 19.1 Å². The van der Waals surface area contributed by atoms with Crippen molar-refractivity contribution in [3.8, 4) is 115 Å². The summed E-state index contributed by atoms with van der Waals surface area (Å²) in [6, 6.07) is 63.2. The van der Waals surface area contributed by atoms with E-state index in [1.165, 1.54) is 4.91 Å². The molecule has 0 bridgehead atoms. The minimum atomic E-state index is -3.23. The Bertz CT molecular complexity index is 5640. The predicted molar refractivity (Wildman–Crippen MR) is 463 cm³/mol. The minimum absolute atomic E-state index is 0. The Balaban J connectivity index is 0.000000316. The quantitative estimate of drug-likeness (QED) is 0.00918. The number of sulfonamides is 1. The van der Waals surface area contributed by atoms with Gasteiger partial charge in [-0.3, -0.25) is 4.91 Å². The SMILES string of the molecule is C.C.CCn1c(-c2ccc(OCCBr)cc2)c(C#N)c2ccc(OC)cc21.CCn1c(-c2ccc(OCCN)cc2)c(C#N)c2ccc(OC)cc21.CCn1c(-c2ccc(OCCN=[N+]=[N-])cc2)c(C#N)c2ccc(OC)cc21.CCn1c(-c2ccc(OCCNS(C)(=O)=O)cc2)c(C#N)c2ccc(OC)cc21.CS(=O)(=O)Cl.[N-]=[N+]=[N-].[Na+]. The molecule has 12 rings (SSSR count). The molecular formula is C84H93BrClN16NaO12S2. The number of methoxy groups -OCH3 is 4. The van der Waals surface area contributed by atoms with E-state index in [9.17, 15) is 37.9 Å². The molecular weight excluding hydrogens is 1630 g/mol. The van der Waals surface area contributed by atoms with Gasteiger partial charge < -0.3 is 73.0 Å². The second kappa shape index (κ2) is 48.1. The number of azide groups is 1. The summed E-state index contributed by atoms with van der Waals surface area (Å²) in [6.45, 7) is 13.8. The molecule has 0 saturated carbocycles. The van der Waals surface area contributed by atoms with Crippen LogP contribution < -0.4 is 77.9 Å². The van der Waals surface area contributed by atoms with Gasteiger partial charge in [-0.1, -0.05) is 35.9 Å². The second-order valence-corrected chi connectivity index (χ2v) is 29.9. The van der Waals surface area contributed by atoms with Gasteiger partial charge >= 0.3 is 29.6 Å². The van der Waals surface area contributed by atoms with Gasteiger partial charge in [0.2, 0.25) is 19.1 Å². The molecule has 608 valence electrons. The van der Waals surface area contributed by atoms with Crippen molar-refractivity contribution in [3.05, 3.63) is 219 Å². The van der Waals surface area contributed by atoms with E-state index >= 15 is 0 Å². The van der Waals surface area contributed by atoms with Gasteiger partial charge in [-0.05, 0) is 201 Å². The Labute approximate surface area is 717 Å². The largest absolute Gasteiger partial charge is 1.00 e. The molecule has 0 atom stereocenters. The van der Waals surface area contributed by atoms with Crippen molar-refractivity contribution in [1.82, 2.24) is 23.0 Å². The van der Waals surface area contributed by atoms with Crippen molar-refractivity contribution in [2.24, 2.45) is 10.8 Å². The Hall–Kier alpha value is -11.5. The number of alkyl halides is 1. The summed E-state index contributed by atoms with van der Waals surface area (Å²) in [4.78, 5) is 4.19. The molecule has 0 saturated heterocycles. The maximum absolute atomic E-state index is 11.1. The van der Waals surface area contributed by atoms with E-state index in [0.717, 1.165) is 161 Å². The zero-order valence-corrected chi connectivity index (χ0v) is 71.4. The summed E-state index contributed by atoms with van der Waals surface area (Å²) >= 11 is 3.35. The number of nitrogens with two attached hydrogens (primary N) is 1. The number of benzene rings is 8. The van der Waals surface area contributed by atoms with Crippen molar-refractivity contribution in [2.75, 3.05) is 92.3 Å². The van der Waals surface area contributed by atoms with Gasteiger partial charge in [0.15, 0.2) is 0 Å². The van der Waals surface area contributed by atoms with Crippen LogP contribution in [0.2, 0.25) is 0 Å². The van der Waals surface area contributed by atoms with E-state index in [2.05, 4.69) is 105 Å². The molecule has 0 fully saturated rings. The Morgan fingerprint density at radius 3 is 0.897 bits per heavy atom. The molecule has 0 radical (unpaired) electrons. The van der Waals surface area contributed by atoms with Crippen LogP contribution in [0.5, 0.6) is 46.0 Å². The van der Waals surface area contributed by atoms with Crippen molar-refractivity contribution >= 4 is 89.3 Å². The van der Waals surface area contributed by atoms with E-state index in [4.69, 9.17) is 60.2 Å². The molecule has 28 nitrogen and oxygen atoms in total. The number of fused-ring (bicyclic) bond motifs is 4. The average molecular weight is 1720 g/mol. The molecule has 3 N–H and O–H groups in total. The van der Waals surface area contributed by atoms with Gasteiger partial charge in [0, 0.05) is 106 Å². The van der Waals surface area contributed by atoms with Crippen LogP contribution in [0.1, 0.15) is 64.8 Å².